The van der Waals surface area contributed by atoms with Crippen LogP contribution in [0.15, 0.2) is 54.6 Å². The van der Waals surface area contributed by atoms with Crippen molar-refractivity contribution in [2.24, 2.45) is 0 Å². The first-order chi connectivity index (χ1) is 12.1. The minimum absolute atomic E-state index is 0.205. The van der Waals surface area contributed by atoms with E-state index < -0.39 is 5.82 Å². The molecular formula is C19H18FN3O2. The fraction of sp³-hybridized carbons (Fsp3) is 0.158. The van der Waals surface area contributed by atoms with Crippen LogP contribution >= 0.6 is 0 Å². The smallest absolute Gasteiger partial charge is 0.271 e. The normalized spacial score (nSPS) is 10.6. The van der Waals surface area contributed by atoms with Crippen molar-refractivity contribution in [2.45, 2.75) is 13.3 Å². The summed E-state index contributed by atoms with van der Waals surface area (Å²) in [6, 6.07) is 14.9. The fourth-order valence-electron chi connectivity index (χ4n) is 2.58. The number of benzene rings is 2. The molecule has 128 valence electrons. The van der Waals surface area contributed by atoms with Gasteiger partial charge in [-0.2, -0.15) is 5.10 Å². The van der Waals surface area contributed by atoms with Gasteiger partial charge in [0.25, 0.3) is 5.91 Å². The van der Waals surface area contributed by atoms with E-state index >= 15 is 0 Å². The minimum atomic E-state index is -0.403. The highest BCUT2D eigenvalue weighted by atomic mass is 19.1. The van der Waals surface area contributed by atoms with Gasteiger partial charge in [0.1, 0.15) is 17.3 Å². The summed E-state index contributed by atoms with van der Waals surface area (Å²) in [5.74, 6) is -0.537. The van der Waals surface area contributed by atoms with Crippen LogP contribution in [0.3, 0.4) is 0 Å². The summed E-state index contributed by atoms with van der Waals surface area (Å²) in [5.41, 5.74) is 1.94. The van der Waals surface area contributed by atoms with E-state index in [0.29, 0.717) is 24.3 Å². The van der Waals surface area contributed by atoms with Crippen LogP contribution in [0.2, 0.25) is 0 Å². The first-order valence-electron chi connectivity index (χ1n) is 7.93. The Morgan fingerprint density at radius 1 is 1.20 bits per heavy atom. The topological polar surface area (TPSA) is 67.2 Å². The molecule has 0 spiro atoms. The Morgan fingerprint density at radius 3 is 2.68 bits per heavy atom. The number of nitrogens with one attached hydrogen (secondary N) is 1. The van der Waals surface area contributed by atoms with Gasteiger partial charge >= 0.3 is 0 Å². The van der Waals surface area contributed by atoms with E-state index in [0.717, 1.165) is 5.56 Å². The molecule has 3 rings (SSSR count). The van der Waals surface area contributed by atoms with Gasteiger partial charge in [-0.1, -0.05) is 30.3 Å². The second-order valence-electron chi connectivity index (χ2n) is 5.67. The summed E-state index contributed by atoms with van der Waals surface area (Å²) in [5, 5.41) is 16.7. The number of aromatic hydroxyl groups is 1. The Bertz CT molecular complexity index is 905. The molecule has 6 heteroatoms. The van der Waals surface area contributed by atoms with Crippen molar-refractivity contribution in [3.63, 3.8) is 0 Å². The molecule has 25 heavy (non-hydrogen) atoms. The number of rotatable bonds is 5. The summed E-state index contributed by atoms with van der Waals surface area (Å²) in [6.45, 7) is 2.13. The number of carbonyl (C=O) groups is 1. The van der Waals surface area contributed by atoms with Crippen LogP contribution in [0.1, 0.15) is 21.7 Å². The van der Waals surface area contributed by atoms with Crippen LogP contribution in [0.25, 0.3) is 5.69 Å². The van der Waals surface area contributed by atoms with Crippen molar-refractivity contribution in [1.82, 2.24) is 15.1 Å². The molecule has 0 atom stereocenters. The first-order valence-corrected chi connectivity index (χ1v) is 7.93. The van der Waals surface area contributed by atoms with Gasteiger partial charge in [0.05, 0.1) is 0 Å². The second-order valence-corrected chi connectivity index (χ2v) is 5.67. The summed E-state index contributed by atoms with van der Waals surface area (Å²) < 4.78 is 15.3. The second kappa shape index (κ2) is 7.17. The summed E-state index contributed by atoms with van der Waals surface area (Å²) in [6.07, 6.45) is 0.505. The lowest BCUT2D eigenvalue weighted by Gasteiger charge is -2.06. The summed E-state index contributed by atoms with van der Waals surface area (Å²) >= 11 is 0. The van der Waals surface area contributed by atoms with Crippen molar-refractivity contribution in [1.29, 1.82) is 0 Å². The van der Waals surface area contributed by atoms with E-state index in [1.165, 1.54) is 10.7 Å². The van der Waals surface area contributed by atoms with Gasteiger partial charge in [0.15, 0.2) is 5.69 Å². The first kappa shape index (κ1) is 16.7. The third kappa shape index (κ3) is 3.68. The number of nitrogens with zero attached hydrogens (tertiary/aromatic N) is 2. The van der Waals surface area contributed by atoms with E-state index in [1.807, 2.05) is 6.07 Å². The third-order valence-corrected chi connectivity index (χ3v) is 3.87. The van der Waals surface area contributed by atoms with Gasteiger partial charge in [-0.05, 0) is 43.2 Å². The van der Waals surface area contributed by atoms with Gasteiger partial charge in [-0.3, -0.25) is 4.79 Å². The van der Waals surface area contributed by atoms with Gasteiger partial charge in [-0.25, -0.2) is 9.07 Å². The lowest BCUT2D eigenvalue weighted by molar-refractivity contribution is 0.0948. The van der Waals surface area contributed by atoms with Gasteiger partial charge in [0, 0.05) is 12.2 Å². The van der Waals surface area contributed by atoms with E-state index in [9.17, 15) is 14.3 Å². The molecule has 1 heterocycles. The molecule has 2 aromatic carbocycles. The maximum atomic E-state index is 13.9. The fourth-order valence-corrected chi connectivity index (χ4v) is 2.58. The molecule has 2 N–H and O–H groups in total. The Balaban J connectivity index is 1.68. The highest BCUT2D eigenvalue weighted by molar-refractivity contribution is 5.92. The van der Waals surface area contributed by atoms with E-state index in [-0.39, 0.29) is 17.4 Å². The molecule has 0 saturated heterocycles. The van der Waals surface area contributed by atoms with Crippen LogP contribution < -0.4 is 5.32 Å². The van der Waals surface area contributed by atoms with E-state index in [1.54, 1.807) is 49.4 Å². The molecule has 5 nitrogen and oxygen atoms in total. The molecule has 0 unspecified atom stereocenters. The van der Waals surface area contributed by atoms with Crippen molar-refractivity contribution in [3.05, 3.63) is 77.4 Å². The number of phenols is 1. The van der Waals surface area contributed by atoms with E-state index in [4.69, 9.17) is 0 Å². The predicted octanol–water partition coefficient (Wildman–Crippen LogP) is 3.00. The van der Waals surface area contributed by atoms with Crippen LogP contribution in [-0.2, 0) is 6.42 Å². The zero-order chi connectivity index (χ0) is 17.8. The Morgan fingerprint density at radius 2 is 1.92 bits per heavy atom. The number of carbonyl (C=O) groups excluding carboxylic acids is 1. The number of hydrogen-bond donors (Lipinski definition) is 2. The SMILES string of the molecule is Cc1cc(C(=O)NCCc2ccccc2O)nn1-c1ccccc1F. The Hall–Kier alpha value is -3.15. The Kier molecular flexibility index (Phi) is 4.79. The average Bonchev–Trinajstić information content (AvgIpc) is 2.99. The van der Waals surface area contributed by atoms with Crippen LogP contribution in [-0.4, -0.2) is 27.3 Å². The number of aromatic nitrogens is 2. The zero-order valence-corrected chi connectivity index (χ0v) is 13.7. The molecule has 1 aromatic heterocycles. The van der Waals surface area contributed by atoms with Gasteiger partial charge < -0.3 is 10.4 Å². The number of aryl methyl sites for hydroxylation is 1. The summed E-state index contributed by atoms with van der Waals surface area (Å²) in [4.78, 5) is 12.3. The van der Waals surface area contributed by atoms with Crippen molar-refractivity contribution < 1.29 is 14.3 Å². The van der Waals surface area contributed by atoms with Gasteiger partial charge in [-0.15, -0.1) is 0 Å². The number of amides is 1. The minimum Gasteiger partial charge on any atom is -0.508 e. The molecule has 0 aliphatic heterocycles. The van der Waals surface area contributed by atoms with E-state index in [2.05, 4.69) is 10.4 Å². The lowest BCUT2D eigenvalue weighted by atomic mass is 10.1. The maximum Gasteiger partial charge on any atom is 0.271 e. The zero-order valence-electron chi connectivity index (χ0n) is 13.7. The molecule has 0 bridgehead atoms. The quantitative estimate of drug-likeness (QED) is 0.751. The number of para-hydroxylation sites is 2. The van der Waals surface area contributed by atoms with Crippen molar-refractivity contribution >= 4 is 5.91 Å². The molecule has 0 aliphatic carbocycles. The highest BCUT2D eigenvalue weighted by Gasteiger charge is 2.15. The highest BCUT2D eigenvalue weighted by Crippen LogP contribution is 2.17. The third-order valence-electron chi connectivity index (χ3n) is 3.87. The average molecular weight is 339 g/mol. The maximum absolute atomic E-state index is 13.9. The monoisotopic (exact) mass is 339 g/mol. The van der Waals surface area contributed by atoms with Crippen LogP contribution in [0.5, 0.6) is 5.75 Å². The molecule has 1 amide bonds. The van der Waals surface area contributed by atoms with Crippen LogP contribution in [0.4, 0.5) is 4.39 Å². The van der Waals surface area contributed by atoms with Gasteiger partial charge in [0.2, 0.25) is 0 Å². The largest absolute Gasteiger partial charge is 0.508 e. The molecular weight excluding hydrogens is 321 g/mol. The number of phenolic OH excluding ortho intramolecular Hbond substituents is 1. The molecule has 0 fully saturated rings. The van der Waals surface area contributed by atoms with Crippen molar-refractivity contribution in [3.8, 4) is 11.4 Å². The molecule has 0 aliphatic rings. The molecule has 0 saturated carbocycles. The lowest BCUT2D eigenvalue weighted by Crippen LogP contribution is -2.26. The molecule has 3 aromatic rings. The molecule has 0 radical (unpaired) electrons. The number of halogens is 1. The summed E-state index contributed by atoms with van der Waals surface area (Å²) in [7, 11) is 0. The predicted molar refractivity (Wildman–Crippen MR) is 92.4 cm³/mol. The number of hydrogen-bond acceptors (Lipinski definition) is 3. The Labute approximate surface area is 144 Å². The van der Waals surface area contributed by atoms with Crippen LogP contribution in [0, 0.1) is 12.7 Å². The van der Waals surface area contributed by atoms with Crippen molar-refractivity contribution in [2.75, 3.05) is 6.54 Å². The standard InChI is InChI=1S/C19H18FN3O2/c1-13-12-16(22-23(13)17-8-4-3-7-15(17)20)19(25)21-11-10-14-6-2-5-9-18(14)24/h2-9,12,24H,10-11H2,1H3,(H,21,25).